The molecule has 118 valence electrons. The van der Waals surface area contributed by atoms with Gasteiger partial charge in [-0.1, -0.05) is 26.7 Å². The van der Waals surface area contributed by atoms with Gasteiger partial charge in [-0.15, -0.1) is 0 Å². The molecule has 0 heterocycles. The van der Waals surface area contributed by atoms with Crippen LogP contribution in [0.1, 0.15) is 45.1 Å². The molecule has 0 aliphatic heterocycles. The first-order valence-electron chi connectivity index (χ1n) is 7.90. The smallest absolute Gasteiger partial charge is 0.143 e. The third-order valence-corrected chi connectivity index (χ3v) is 5.28. The molecule has 2 rings (SSSR count). The number of nitrogens with one attached hydrogen (secondary N) is 1. The standard InChI is InChI=1S/C17H24BrF2N/c1-3-9-21-16(12-6-4-5-11(12)2)10-13-15(19)8-7-14(18)17(13)20/h7-8,11-12,16,21H,3-6,9-10H2,1-2H3. The molecular weight excluding hydrogens is 336 g/mol. The first-order valence-corrected chi connectivity index (χ1v) is 8.69. The highest BCUT2D eigenvalue weighted by Gasteiger charge is 2.31. The first kappa shape index (κ1) is 16.9. The van der Waals surface area contributed by atoms with Crippen molar-refractivity contribution < 1.29 is 8.78 Å². The molecule has 1 nitrogen and oxygen atoms in total. The Morgan fingerprint density at radius 2 is 2.10 bits per heavy atom. The largest absolute Gasteiger partial charge is 0.313 e. The first-order chi connectivity index (χ1) is 10.0. The third-order valence-electron chi connectivity index (χ3n) is 4.66. The molecule has 0 bridgehead atoms. The van der Waals surface area contributed by atoms with Crippen molar-refractivity contribution in [2.45, 2.75) is 52.0 Å². The summed E-state index contributed by atoms with van der Waals surface area (Å²) < 4.78 is 28.6. The van der Waals surface area contributed by atoms with Crippen molar-refractivity contribution in [3.05, 3.63) is 33.8 Å². The van der Waals surface area contributed by atoms with Crippen molar-refractivity contribution in [3.63, 3.8) is 0 Å². The number of hydrogen-bond donors (Lipinski definition) is 1. The van der Waals surface area contributed by atoms with E-state index in [1.165, 1.54) is 25.0 Å². The van der Waals surface area contributed by atoms with Crippen molar-refractivity contribution in [1.82, 2.24) is 5.32 Å². The lowest BCUT2D eigenvalue weighted by Crippen LogP contribution is -2.40. The second-order valence-corrected chi connectivity index (χ2v) is 7.01. The van der Waals surface area contributed by atoms with Crippen molar-refractivity contribution in [1.29, 1.82) is 0 Å². The molecule has 1 aromatic rings. The van der Waals surface area contributed by atoms with Crippen LogP contribution in [0, 0.1) is 23.5 Å². The summed E-state index contributed by atoms with van der Waals surface area (Å²) in [5, 5.41) is 3.52. The highest BCUT2D eigenvalue weighted by atomic mass is 79.9. The molecule has 1 aromatic carbocycles. The summed E-state index contributed by atoms with van der Waals surface area (Å²) in [6, 6.07) is 2.93. The van der Waals surface area contributed by atoms with E-state index < -0.39 is 11.6 Å². The number of halogens is 3. The van der Waals surface area contributed by atoms with Crippen LogP contribution in [-0.4, -0.2) is 12.6 Å². The van der Waals surface area contributed by atoms with Crippen LogP contribution in [-0.2, 0) is 6.42 Å². The molecule has 1 aliphatic carbocycles. The van der Waals surface area contributed by atoms with E-state index in [9.17, 15) is 8.78 Å². The molecule has 0 amide bonds. The van der Waals surface area contributed by atoms with Crippen LogP contribution in [0.3, 0.4) is 0 Å². The lowest BCUT2D eigenvalue weighted by molar-refractivity contribution is 0.291. The Morgan fingerprint density at radius 1 is 1.33 bits per heavy atom. The molecular formula is C17H24BrF2N. The molecule has 0 spiro atoms. The van der Waals surface area contributed by atoms with E-state index in [1.807, 2.05) is 0 Å². The Labute approximate surface area is 134 Å². The summed E-state index contributed by atoms with van der Waals surface area (Å²) in [4.78, 5) is 0. The molecule has 1 aliphatic rings. The summed E-state index contributed by atoms with van der Waals surface area (Å²) in [5.41, 5.74) is 0.206. The van der Waals surface area contributed by atoms with E-state index in [4.69, 9.17) is 0 Å². The van der Waals surface area contributed by atoms with Gasteiger partial charge in [-0.05, 0) is 65.7 Å². The Kier molecular flexibility index (Phi) is 6.18. The van der Waals surface area contributed by atoms with E-state index in [1.54, 1.807) is 0 Å². The molecule has 0 radical (unpaired) electrons. The lowest BCUT2D eigenvalue weighted by Gasteiger charge is -2.28. The predicted octanol–water partition coefficient (Wildman–Crippen LogP) is 5.07. The van der Waals surface area contributed by atoms with Gasteiger partial charge in [-0.3, -0.25) is 0 Å². The Morgan fingerprint density at radius 3 is 2.71 bits per heavy atom. The summed E-state index contributed by atoms with van der Waals surface area (Å²) >= 11 is 3.16. The van der Waals surface area contributed by atoms with Gasteiger partial charge in [-0.2, -0.15) is 0 Å². The normalized spacial score (nSPS) is 23.5. The van der Waals surface area contributed by atoms with Gasteiger partial charge < -0.3 is 5.32 Å². The van der Waals surface area contributed by atoms with Crippen molar-refractivity contribution >= 4 is 15.9 Å². The molecule has 0 aromatic heterocycles. The van der Waals surface area contributed by atoms with E-state index >= 15 is 0 Å². The highest BCUT2D eigenvalue weighted by Crippen LogP contribution is 2.35. The van der Waals surface area contributed by atoms with Gasteiger partial charge in [0, 0.05) is 11.6 Å². The fraction of sp³-hybridized carbons (Fsp3) is 0.647. The molecule has 1 N–H and O–H groups in total. The summed E-state index contributed by atoms with van der Waals surface area (Å²) in [6.07, 6.45) is 5.05. The zero-order valence-electron chi connectivity index (χ0n) is 12.8. The number of benzene rings is 1. The summed E-state index contributed by atoms with van der Waals surface area (Å²) in [7, 11) is 0. The maximum absolute atomic E-state index is 14.2. The fourth-order valence-electron chi connectivity index (χ4n) is 3.45. The van der Waals surface area contributed by atoms with Gasteiger partial charge in [0.15, 0.2) is 0 Å². The average Bonchev–Trinajstić information content (AvgIpc) is 2.89. The minimum Gasteiger partial charge on any atom is -0.313 e. The Bertz CT molecular complexity index is 478. The van der Waals surface area contributed by atoms with E-state index in [0.29, 0.717) is 22.7 Å². The van der Waals surface area contributed by atoms with Crippen molar-refractivity contribution in [3.8, 4) is 0 Å². The maximum atomic E-state index is 14.2. The second kappa shape index (κ2) is 7.68. The molecule has 3 atom stereocenters. The van der Waals surface area contributed by atoms with Crippen molar-refractivity contribution in [2.75, 3.05) is 6.54 Å². The molecule has 0 saturated heterocycles. The van der Waals surface area contributed by atoms with Crippen molar-refractivity contribution in [2.24, 2.45) is 11.8 Å². The number of hydrogen-bond acceptors (Lipinski definition) is 1. The van der Waals surface area contributed by atoms with Crippen LogP contribution >= 0.6 is 15.9 Å². The monoisotopic (exact) mass is 359 g/mol. The zero-order chi connectivity index (χ0) is 15.4. The van der Waals surface area contributed by atoms with Gasteiger partial charge in [0.25, 0.3) is 0 Å². The summed E-state index contributed by atoms with van der Waals surface area (Å²) in [6.45, 7) is 5.26. The van der Waals surface area contributed by atoms with E-state index in [-0.39, 0.29) is 11.6 Å². The molecule has 21 heavy (non-hydrogen) atoms. The van der Waals surface area contributed by atoms with Gasteiger partial charge >= 0.3 is 0 Å². The fourth-order valence-corrected chi connectivity index (χ4v) is 3.82. The van der Waals surface area contributed by atoms with Crippen LogP contribution in [0.15, 0.2) is 16.6 Å². The van der Waals surface area contributed by atoms with Gasteiger partial charge in [0.2, 0.25) is 0 Å². The SMILES string of the molecule is CCCNC(Cc1c(F)ccc(Br)c1F)C1CCCC1C. The van der Waals surface area contributed by atoms with E-state index in [2.05, 4.69) is 35.1 Å². The molecule has 1 fully saturated rings. The van der Waals surface area contributed by atoms with Crippen LogP contribution in [0.25, 0.3) is 0 Å². The average molecular weight is 360 g/mol. The number of rotatable bonds is 6. The molecule has 4 heteroatoms. The minimum absolute atomic E-state index is 0.153. The predicted molar refractivity (Wildman–Crippen MR) is 86.3 cm³/mol. The van der Waals surface area contributed by atoms with Gasteiger partial charge in [-0.25, -0.2) is 8.78 Å². The second-order valence-electron chi connectivity index (χ2n) is 6.16. The topological polar surface area (TPSA) is 12.0 Å². The Hall–Kier alpha value is -0.480. The van der Waals surface area contributed by atoms with Gasteiger partial charge in [0.1, 0.15) is 11.6 Å². The zero-order valence-corrected chi connectivity index (χ0v) is 14.3. The van der Waals surface area contributed by atoms with Crippen LogP contribution in [0.5, 0.6) is 0 Å². The highest BCUT2D eigenvalue weighted by molar-refractivity contribution is 9.10. The maximum Gasteiger partial charge on any atom is 0.143 e. The minimum atomic E-state index is -0.455. The van der Waals surface area contributed by atoms with Gasteiger partial charge in [0.05, 0.1) is 4.47 Å². The van der Waals surface area contributed by atoms with Crippen LogP contribution in [0.4, 0.5) is 8.78 Å². The molecule has 3 unspecified atom stereocenters. The summed E-state index contributed by atoms with van der Waals surface area (Å²) in [5.74, 6) is 0.237. The van der Waals surface area contributed by atoms with Crippen LogP contribution < -0.4 is 5.32 Å². The quantitative estimate of drug-likeness (QED) is 0.698. The molecule has 1 saturated carbocycles. The lowest BCUT2D eigenvalue weighted by atomic mass is 9.86. The van der Waals surface area contributed by atoms with Crippen LogP contribution in [0.2, 0.25) is 0 Å². The Balaban J connectivity index is 2.20. The van der Waals surface area contributed by atoms with E-state index in [0.717, 1.165) is 19.4 Å². The third kappa shape index (κ3) is 4.04.